The molecule has 0 saturated carbocycles. The van der Waals surface area contributed by atoms with E-state index in [4.69, 9.17) is 0 Å². The van der Waals surface area contributed by atoms with Crippen molar-refractivity contribution in [3.05, 3.63) is 59.9 Å². The van der Waals surface area contributed by atoms with Gasteiger partial charge in [0.25, 0.3) is 0 Å². The molecule has 2 aromatic rings. The van der Waals surface area contributed by atoms with Gasteiger partial charge in [-0.1, -0.05) is 24.3 Å². The lowest BCUT2D eigenvalue weighted by Crippen LogP contribution is -2.44. The standard InChI is InChI=1S/C21H24N4O2/c26-20-16-9-11-18(23-20)14-25(13-16)21(27)24-19-7-2-1-5-15(19)8-10-17-6-3-4-12-22-17/h1-7,12,16,18H,8-11,13-14H2,(H,23,26)(H,24,27)/t16-,18+/m1/s1. The Morgan fingerprint density at radius 2 is 1.96 bits per heavy atom. The molecule has 140 valence electrons. The van der Waals surface area contributed by atoms with E-state index < -0.39 is 0 Å². The molecule has 0 radical (unpaired) electrons. The SMILES string of the molecule is O=C1N[C@H]2CC[C@@H]1CN(C(=O)Nc1ccccc1CCc1ccccn1)C2. The van der Waals surface area contributed by atoms with Crippen LogP contribution in [-0.2, 0) is 17.6 Å². The van der Waals surface area contributed by atoms with Crippen molar-refractivity contribution < 1.29 is 9.59 Å². The van der Waals surface area contributed by atoms with E-state index in [1.54, 1.807) is 11.1 Å². The van der Waals surface area contributed by atoms with Crippen LogP contribution in [0.15, 0.2) is 48.7 Å². The highest BCUT2D eigenvalue weighted by Crippen LogP contribution is 2.24. The number of rotatable bonds is 4. The maximum absolute atomic E-state index is 12.8. The fourth-order valence-electron chi connectivity index (χ4n) is 3.87. The van der Waals surface area contributed by atoms with E-state index in [1.807, 2.05) is 42.5 Å². The molecule has 27 heavy (non-hydrogen) atoms. The molecular weight excluding hydrogens is 340 g/mol. The predicted octanol–water partition coefficient (Wildman–Crippen LogP) is 2.61. The van der Waals surface area contributed by atoms with Crippen molar-refractivity contribution in [3.63, 3.8) is 0 Å². The molecule has 3 fully saturated rings. The molecule has 3 aliphatic rings. The minimum atomic E-state index is -0.131. The number of nitrogens with one attached hydrogen (secondary N) is 2. The molecule has 0 aliphatic carbocycles. The van der Waals surface area contributed by atoms with Crippen LogP contribution in [0.2, 0.25) is 0 Å². The number of carbonyl (C=O) groups is 2. The van der Waals surface area contributed by atoms with E-state index in [0.717, 1.165) is 42.6 Å². The van der Waals surface area contributed by atoms with Crippen LogP contribution in [0.5, 0.6) is 0 Å². The van der Waals surface area contributed by atoms with Gasteiger partial charge in [0.15, 0.2) is 0 Å². The Balaban J connectivity index is 1.43. The molecule has 0 spiro atoms. The van der Waals surface area contributed by atoms with E-state index in [-0.39, 0.29) is 23.9 Å². The molecule has 2 N–H and O–H groups in total. The number of carbonyl (C=O) groups excluding carboxylic acids is 2. The highest BCUT2D eigenvalue weighted by Gasteiger charge is 2.36. The fourth-order valence-corrected chi connectivity index (χ4v) is 3.87. The van der Waals surface area contributed by atoms with Gasteiger partial charge in [0.2, 0.25) is 5.91 Å². The highest BCUT2D eigenvalue weighted by molar-refractivity contribution is 5.91. The Morgan fingerprint density at radius 1 is 1.11 bits per heavy atom. The van der Waals surface area contributed by atoms with Gasteiger partial charge in [-0.15, -0.1) is 0 Å². The highest BCUT2D eigenvalue weighted by atomic mass is 16.2. The molecule has 6 nitrogen and oxygen atoms in total. The van der Waals surface area contributed by atoms with E-state index in [9.17, 15) is 9.59 Å². The zero-order chi connectivity index (χ0) is 18.6. The second-order valence-electron chi connectivity index (χ2n) is 7.29. The number of fused-ring (bicyclic) bond motifs is 4. The number of aromatic nitrogens is 1. The summed E-state index contributed by atoms with van der Waals surface area (Å²) in [5.74, 6) is -0.00814. The molecule has 3 amide bonds. The molecule has 1 aromatic heterocycles. The third kappa shape index (κ3) is 4.10. The van der Waals surface area contributed by atoms with Gasteiger partial charge >= 0.3 is 6.03 Å². The molecular formula is C21H24N4O2. The van der Waals surface area contributed by atoms with Gasteiger partial charge in [0.05, 0.1) is 5.92 Å². The van der Waals surface area contributed by atoms with Gasteiger partial charge in [-0.05, 0) is 49.4 Å². The van der Waals surface area contributed by atoms with Gasteiger partial charge in [0, 0.05) is 36.7 Å². The quantitative estimate of drug-likeness (QED) is 0.876. The average Bonchev–Trinajstić information content (AvgIpc) is 3.00. The zero-order valence-corrected chi connectivity index (χ0v) is 15.2. The molecule has 5 rings (SSSR count). The second kappa shape index (κ2) is 7.78. The average molecular weight is 364 g/mol. The molecule has 1 aromatic carbocycles. The van der Waals surface area contributed by atoms with Gasteiger partial charge in [-0.2, -0.15) is 0 Å². The number of piperidine rings is 1. The Kier molecular flexibility index (Phi) is 5.05. The number of para-hydroxylation sites is 1. The normalized spacial score (nSPS) is 21.5. The van der Waals surface area contributed by atoms with Gasteiger partial charge < -0.3 is 15.5 Å². The number of aryl methyl sites for hydroxylation is 2. The summed E-state index contributed by atoms with van der Waals surface area (Å²) in [5.41, 5.74) is 2.95. The lowest BCUT2D eigenvalue weighted by molar-refractivity contribution is -0.126. The smallest absolute Gasteiger partial charge is 0.321 e. The molecule has 4 heterocycles. The lowest BCUT2D eigenvalue weighted by Gasteiger charge is -2.23. The van der Waals surface area contributed by atoms with Crippen LogP contribution < -0.4 is 10.6 Å². The molecule has 0 unspecified atom stereocenters. The lowest BCUT2D eigenvalue weighted by atomic mass is 9.96. The number of pyridine rings is 1. The number of hydrogen-bond donors (Lipinski definition) is 2. The summed E-state index contributed by atoms with van der Waals surface area (Å²) in [6.07, 6.45) is 5.23. The zero-order valence-electron chi connectivity index (χ0n) is 15.2. The Labute approximate surface area is 159 Å². The van der Waals surface area contributed by atoms with E-state index in [0.29, 0.717) is 13.1 Å². The first kappa shape index (κ1) is 17.5. The first-order chi connectivity index (χ1) is 13.2. The van der Waals surface area contributed by atoms with Crippen molar-refractivity contribution in [1.29, 1.82) is 0 Å². The number of amides is 3. The topological polar surface area (TPSA) is 74.3 Å². The summed E-state index contributed by atoms with van der Waals surface area (Å²) in [5, 5.41) is 6.06. The molecule has 6 heteroatoms. The van der Waals surface area contributed by atoms with Crippen molar-refractivity contribution in [2.75, 3.05) is 18.4 Å². The van der Waals surface area contributed by atoms with Crippen LogP contribution in [0.3, 0.4) is 0 Å². The first-order valence-corrected chi connectivity index (χ1v) is 9.53. The summed E-state index contributed by atoms with van der Waals surface area (Å²) >= 11 is 0. The van der Waals surface area contributed by atoms with Gasteiger partial charge in [-0.3, -0.25) is 9.78 Å². The molecule has 2 bridgehead atoms. The van der Waals surface area contributed by atoms with Crippen LogP contribution >= 0.6 is 0 Å². The van der Waals surface area contributed by atoms with E-state index >= 15 is 0 Å². The van der Waals surface area contributed by atoms with Crippen LogP contribution in [0.25, 0.3) is 0 Å². The number of benzene rings is 1. The third-order valence-corrected chi connectivity index (χ3v) is 5.39. The third-order valence-electron chi connectivity index (χ3n) is 5.39. The summed E-state index contributed by atoms with van der Waals surface area (Å²) in [6, 6.07) is 13.7. The molecule has 2 atom stereocenters. The van der Waals surface area contributed by atoms with E-state index in [2.05, 4.69) is 15.6 Å². The minimum absolute atomic E-state index is 0.0707. The number of anilines is 1. The van der Waals surface area contributed by atoms with Crippen LogP contribution in [0.1, 0.15) is 24.1 Å². The van der Waals surface area contributed by atoms with Crippen molar-refractivity contribution in [3.8, 4) is 0 Å². The Bertz CT molecular complexity index is 824. The van der Waals surface area contributed by atoms with Gasteiger partial charge in [0.1, 0.15) is 0 Å². The van der Waals surface area contributed by atoms with Crippen LogP contribution in [-0.4, -0.2) is 41.0 Å². The molecule has 3 aliphatic heterocycles. The van der Waals surface area contributed by atoms with Crippen molar-refractivity contribution in [2.24, 2.45) is 5.92 Å². The Hall–Kier alpha value is -2.89. The summed E-state index contributed by atoms with van der Waals surface area (Å²) in [6.45, 7) is 1.06. The minimum Gasteiger partial charge on any atom is -0.351 e. The Morgan fingerprint density at radius 3 is 2.78 bits per heavy atom. The maximum Gasteiger partial charge on any atom is 0.321 e. The van der Waals surface area contributed by atoms with Gasteiger partial charge in [-0.25, -0.2) is 4.79 Å². The monoisotopic (exact) mass is 364 g/mol. The van der Waals surface area contributed by atoms with Crippen molar-refractivity contribution in [1.82, 2.24) is 15.2 Å². The van der Waals surface area contributed by atoms with Crippen LogP contribution in [0.4, 0.5) is 10.5 Å². The van der Waals surface area contributed by atoms with Crippen molar-refractivity contribution >= 4 is 17.6 Å². The predicted molar refractivity (Wildman–Crippen MR) is 103 cm³/mol. The number of hydrogen-bond acceptors (Lipinski definition) is 3. The fraction of sp³-hybridized carbons (Fsp3) is 0.381. The first-order valence-electron chi connectivity index (χ1n) is 9.53. The largest absolute Gasteiger partial charge is 0.351 e. The summed E-state index contributed by atoms with van der Waals surface area (Å²) < 4.78 is 0. The van der Waals surface area contributed by atoms with Crippen LogP contribution in [0, 0.1) is 5.92 Å². The number of nitrogens with zero attached hydrogens (tertiary/aromatic N) is 2. The second-order valence-corrected chi connectivity index (χ2v) is 7.29. The maximum atomic E-state index is 12.8. The summed E-state index contributed by atoms with van der Waals surface area (Å²) in [4.78, 5) is 31.0. The number of urea groups is 1. The van der Waals surface area contributed by atoms with E-state index in [1.165, 1.54) is 0 Å². The van der Waals surface area contributed by atoms with Crippen molar-refractivity contribution in [2.45, 2.75) is 31.7 Å². The molecule has 3 saturated heterocycles. The summed E-state index contributed by atoms with van der Waals surface area (Å²) in [7, 11) is 0.